The number of benzene rings is 2. The number of hydrogen-bond acceptors (Lipinski definition) is 8. The molecule has 1 saturated heterocycles. The van der Waals surface area contributed by atoms with Crippen molar-refractivity contribution in [2.45, 2.75) is 33.2 Å². The van der Waals surface area contributed by atoms with Crippen LogP contribution in [0.1, 0.15) is 45.7 Å². The van der Waals surface area contributed by atoms with E-state index in [-0.39, 0.29) is 12.4 Å². The van der Waals surface area contributed by atoms with Gasteiger partial charge in [-0.2, -0.15) is 0 Å². The van der Waals surface area contributed by atoms with E-state index in [1.165, 1.54) is 28.8 Å². The first-order chi connectivity index (χ1) is 19.3. The van der Waals surface area contributed by atoms with Crippen LogP contribution in [-0.4, -0.2) is 71.7 Å². The van der Waals surface area contributed by atoms with E-state index < -0.39 is 6.04 Å². The number of esters is 1. The lowest BCUT2D eigenvalue weighted by Crippen LogP contribution is -2.44. The predicted molar refractivity (Wildman–Crippen MR) is 160 cm³/mol. The number of likely N-dealkylation sites (N-methyl/N-ethyl adjacent to an activating group) is 1. The normalized spacial score (nSPS) is 17.2. The topological polar surface area (TPSA) is 75.8 Å². The molecule has 0 amide bonds. The van der Waals surface area contributed by atoms with Crippen LogP contribution in [0.2, 0.25) is 0 Å². The molecular weight excluding hydrogens is 520 g/mol. The van der Waals surface area contributed by atoms with Gasteiger partial charge in [0.25, 0.3) is 0 Å². The van der Waals surface area contributed by atoms with E-state index in [0.717, 1.165) is 59.4 Å². The number of aliphatic imine (C=N–C) groups is 1. The summed E-state index contributed by atoms with van der Waals surface area (Å²) in [5.41, 5.74) is 7.75. The maximum atomic E-state index is 12.4. The smallest absolute Gasteiger partial charge is 0.308 e. The highest BCUT2D eigenvalue weighted by atomic mass is 32.1. The quantitative estimate of drug-likeness (QED) is 0.319. The number of ether oxygens (including phenoxy) is 1. The van der Waals surface area contributed by atoms with Crippen LogP contribution in [0.5, 0.6) is 0 Å². The monoisotopic (exact) mass is 554 g/mol. The molecule has 9 heteroatoms. The Bertz CT molecular complexity index is 1590. The summed E-state index contributed by atoms with van der Waals surface area (Å²) in [5.74, 6) is 1.12. The third-order valence-corrected chi connectivity index (χ3v) is 9.23. The van der Waals surface area contributed by atoms with E-state index in [0.29, 0.717) is 5.82 Å². The zero-order chi connectivity index (χ0) is 28.0. The number of hydrogen-bond donors (Lipinski definition) is 0. The summed E-state index contributed by atoms with van der Waals surface area (Å²) in [6.07, 6.45) is 0.0995. The number of aromatic nitrogens is 3. The van der Waals surface area contributed by atoms with E-state index >= 15 is 0 Å². The Morgan fingerprint density at radius 2 is 1.70 bits per heavy atom. The molecule has 0 unspecified atom stereocenters. The molecule has 8 nitrogen and oxygen atoms in total. The summed E-state index contributed by atoms with van der Waals surface area (Å²) in [5, 5.41) is 9.84. The fourth-order valence-corrected chi connectivity index (χ4v) is 6.75. The molecule has 2 aliphatic heterocycles. The molecule has 6 rings (SSSR count). The van der Waals surface area contributed by atoms with E-state index in [1.54, 1.807) is 11.3 Å². The van der Waals surface area contributed by atoms with Crippen LogP contribution in [0, 0.1) is 20.8 Å². The largest absolute Gasteiger partial charge is 0.469 e. The standard InChI is InChI=1S/C31H34N6O2S/c1-19-20(2)40-31-28(19)29(32-26(18-27(38)39-5)30-34-33-21(3)37(30)31)23-11-9-22(10-12-23)24-7-6-8-25(17-24)36-15-13-35(4)14-16-36/h6-12,17,26H,13-16,18H2,1-5H3/t26-/m0/s1. The SMILES string of the molecule is COC(=O)C[C@@H]1N=C(c2ccc(-c3cccc(N4CCN(C)CC4)c3)cc2)c2c(sc(C)c2C)-n2c(C)nnc21. The molecule has 4 aromatic rings. The summed E-state index contributed by atoms with van der Waals surface area (Å²) in [6, 6.07) is 16.9. The average Bonchev–Trinajstić information content (AvgIpc) is 3.45. The van der Waals surface area contributed by atoms with Crippen LogP contribution in [-0.2, 0) is 9.53 Å². The fraction of sp³-hybridized carbons (Fsp3) is 0.355. The van der Waals surface area contributed by atoms with Crippen LogP contribution in [0.15, 0.2) is 53.5 Å². The van der Waals surface area contributed by atoms with Gasteiger partial charge < -0.3 is 14.5 Å². The van der Waals surface area contributed by atoms with Gasteiger partial charge in [-0.3, -0.25) is 14.4 Å². The Morgan fingerprint density at radius 1 is 0.975 bits per heavy atom. The van der Waals surface area contributed by atoms with E-state index in [2.05, 4.69) is 94.0 Å². The third kappa shape index (κ3) is 4.73. The minimum atomic E-state index is -0.497. The lowest BCUT2D eigenvalue weighted by atomic mass is 9.97. The summed E-state index contributed by atoms with van der Waals surface area (Å²) >= 11 is 1.71. The first-order valence-electron chi connectivity index (χ1n) is 13.7. The van der Waals surface area contributed by atoms with Crippen molar-refractivity contribution in [3.63, 3.8) is 0 Å². The summed E-state index contributed by atoms with van der Waals surface area (Å²) < 4.78 is 7.07. The second-order valence-electron chi connectivity index (χ2n) is 10.6. The maximum absolute atomic E-state index is 12.4. The number of anilines is 1. The molecule has 4 heterocycles. The van der Waals surface area contributed by atoms with Crippen LogP contribution in [0.4, 0.5) is 5.69 Å². The van der Waals surface area contributed by atoms with Gasteiger partial charge in [0.05, 0.1) is 19.2 Å². The van der Waals surface area contributed by atoms with Gasteiger partial charge in [-0.25, -0.2) is 0 Å². The van der Waals surface area contributed by atoms with Gasteiger partial charge in [-0.1, -0.05) is 36.4 Å². The van der Waals surface area contributed by atoms with Crippen molar-refractivity contribution in [1.29, 1.82) is 0 Å². The van der Waals surface area contributed by atoms with Gasteiger partial charge in [0.2, 0.25) is 0 Å². The van der Waals surface area contributed by atoms with Crippen molar-refractivity contribution < 1.29 is 9.53 Å². The fourth-order valence-electron chi connectivity index (χ4n) is 5.53. The molecule has 1 fully saturated rings. The van der Waals surface area contributed by atoms with Crippen molar-refractivity contribution >= 4 is 28.7 Å². The Hall–Kier alpha value is -3.82. The molecule has 0 saturated carbocycles. The van der Waals surface area contributed by atoms with Crippen molar-refractivity contribution in [2.75, 3.05) is 45.2 Å². The zero-order valence-corrected chi connectivity index (χ0v) is 24.5. The van der Waals surface area contributed by atoms with Gasteiger partial charge in [-0.15, -0.1) is 21.5 Å². The molecule has 2 aromatic heterocycles. The summed E-state index contributed by atoms with van der Waals surface area (Å²) in [7, 11) is 3.58. The third-order valence-electron chi connectivity index (χ3n) is 8.03. The molecule has 2 aliphatic rings. The van der Waals surface area contributed by atoms with Crippen molar-refractivity contribution in [2.24, 2.45) is 4.99 Å². The highest BCUT2D eigenvalue weighted by molar-refractivity contribution is 7.15. The molecule has 40 heavy (non-hydrogen) atoms. The Morgan fingerprint density at radius 3 is 2.42 bits per heavy atom. The van der Waals surface area contributed by atoms with Crippen LogP contribution in [0.3, 0.4) is 0 Å². The molecular formula is C31H34N6O2S. The molecule has 1 atom stereocenters. The molecule has 0 aliphatic carbocycles. The van der Waals surface area contributed by atoms with Crippen molar-refractivity contribution in [3.05, 3.63) is 81.7 Å². The minimum Gasteiger partial charge on any atom is -0.469 e. The Balaban J connectivity index is 1.39. The number of thiophene rings is 1. The van der Waals surface area contributed by atoms with Gasteiger partial charge in [0, 0.05) is 47.9 Å². The first kappa shape index (κ1) is 26.4. The highest BCUT2D eigenvalue weighted by Crippen LogP contribution is 2.40. The lowest BCUT2D eigenvalue weighted by molar-refractivity contribution is -0.141. The van der Waals surface area contributed by atoms with Gasteiger partial charge in [-0.05, 0) is 56.6 Å². The number of nitrogens with zero attached hydrogens (tertiary/aromatic N) is 6. The van der Waals surface area contributed by atoms with Gasteiger partial charge >= 0.3 is 5.97 Å². The number of carbonyl (C=O) groups is 1. The molecule has 206 valence electrons. The number of carbonyl (C=O) groups excluding carboxylic acids is 1. The van der Waals surface area contributed by atoms with Crippen LogP contribution in [0.25, 0.3) is 16.1 Å². The number of rotatable bonds is 5. The number of fused-ring (bicyclic) bond motifs is 3. The van der Waals surface area contributed by atoms with Crippen LogP contribution < -0.4 is 4.90 Å². The molecule has 0 bridgehead atoms. The maximum Gasteiger partial charge on any atom is 0.308 e. The van der Waals surface area contributed by atoms with E-state index in [1.807, 2.05) is 6.92 Å². The molecule has 2 aromatic carbocycles. The first-order valence-corrected chi connectivity index (χ1v) is 14.5. The number of methoxy groups -OCH3 is 1. The van der Waals surface area contributed by atoms with Crippen molar-refractivity contribution in [1.82, 2.24) is 19.7 Å². The summed E-state index contributed by atoms with van der Waals surface area (Å²) in [4.78, 5) is 23.6. The second-order valence-corrected chi connectivity index (χ2v) is 11.8. The van der Waals surface area contributed by atoms with Gasteiger partial charge in [0.1, 0.15) is 16.9 Å². The molecule has 0 radical (unpaired) electrons. The molecule has 0 N–H and O–H groups in total. The molecule has 0 spiro atoms. The minimum absolute atomic E-state index is 0.0995. The Labute approximate surface area is 238 Å². The zero-order valence-electron chi connectivity index (χ0n) is 23.6. The van der Waals surface area contributed by atoms with Crippen LogP contribution >= 0.6 is 11.3 Å². The number of aryl methyl sites for hydroxylation is 2. The summed E-state index contributed by atoms with van der Waals surface area (Å²) in [6.45, 7) is 10.5. The Kier molecular flexibility index (Phi) is 7.02. The average molecular weight is 555 g/mol. The predicted octanol–water partition coefficient (Wildman–Crippen LogP) is 5.13. The van der Waals surface area contributed by atoms with Crippen molar-refractivity contribution in [3.8, 4) is 16.1 Å². The van der Waals surface area contributed by atoms with Gasteiger partial charge in [0.15, 0.2) is 5.82 Å². The van der Waals surface area contributed by atoms with E-state index in [9.17, 15) is 4.79 Å². The lowest BCUT2D eigenvalue weighted by Gasteiger charge is -2.34. The highest BCUT2D eigenvalue weighted by Gasteiger charge is 2.32. The number of piperazine rings is 1. The van der Waals surface area contributed by atoms with E-state index in [4.69, 9.17) is 9.73 Å². The second kappa shape index (κ2) is 10.6.